The molecular formula is C20H25NO2. The molecule has 4 rings (SSSR count). The third-order valence-corrected chi connectivity index (χ3v) is 7.40. The first kappa shape index (κ1) is 15.0. The van der Waals surface area contributed by atoms with Crippen LogP contribution in [0.5, 0.6) is 5.75 Å². The van der Waals surface area contributed by atoms with E-state index in [9.17, 15) is 10.2 Å². The summed E-state index contributed by atoms with van der Waals surface area (Å²) in [5.41, 5.74) is 1.81. The minimum absolute atomic E-state index is 0.113. The van der Waals surface area contributed by atoms with Crippen LogP contribution in [0.2, 0.25) is 0 Å². The molecule has 2 N–H and O–H groups in total. The van der Waals surface area contributed by atoms with Crippen LogP contribution < -0.4 is 0 Å². The van der Waals surface area contributed by atoms with Gasteiger partial charge in [0.1, 0.15) is 5.75 Å². The van der Waals surface area contributed by atoms with Crippen molar-refractivity contribution in [1.82, 2.24) is 0 Å². The molecule has 1 aromatic carbocycles. The standard InChI is InChI=1S/C20H25NO2/c1-19-8-6-16-15-5-3-14(22)12-13(15)2-4-17(16)18(19)7-9-20(19,23)10-11-21/h3,5,12,16-18,22-23H,2,4,6-10H2,1H3/t16-,17-,18+,19+,20-/m1/s1. The summed E-state index contributed by atoms with van der Waals surface area (Å²) in [5, 5.41) is 30.0. The molecule has 122 valence electrons. The fourth-order valence-corrected chi connectivity index (χ4v) is 6.10. The Morgan fingerprint density at radius 3 is 2.87 bits per heavy atom. The average molecular weight is 311 g/mol. The Morgan fingerprint density at radius 2 is 2.09 bits per heavy atom. The zero-order chi connectivity index (χ0) is 16.2. The van der Waals surface area contributed by atoms with E-state index < -0.39 is 5.60 Å². The fraction of sp³-hybridized carbons (Fsp3) is 0.650. The van der Waals surface area contributed by atoms with Gasteiger partial charge in [0.05, 0.1) is 18.1 Å². The van der Waals surface area contributed by atoms with Crippen molar-refractivity contribution in [2.75, 3.05) is 0 Å². The Balaban J connectivity index is 1.69. The third-order valence-electron chi connectivity index (χ3n) is 7.40. The normalized spacial score (nSPS) is 41.5. The molecule has 0 heterocycles. The van der Waals surface area contributed by atoms with Gasteiger partial charge in [0.2, 0.25) is 0 Å². The van der Waals surface area contributed by atoms with Gasteiger partial charge in [-0.05, 0) is 79.5 Å². The number of phenols is 1. The van der Waals surface area contributed by atoms with E-state index in [1.165, 1.54) is 11.1 Å². The molecule has 0 amide bonds. The van der Waals surface area contributed by atoms with Gasteiger partial charge in [-0.15, -0.1) is 0 Å². The zero-order valence-electron chi connectivity index (χ0n) is 13.8. The summed E-state index contributed by atoms with van der Waals surface area (Å²) in [4.78, 5) is 0. The third kappa shape index (κ3) is 1.97. The molecular weight excluding hydrogens is 286 g/mol. The van der Waals surface area contributed by atoms with Gasteiger partial charge in [-0.3, -0.25) is 0 Å². The van der Waals surface area contributed by atoms with Crippen LogP contribution in [0, 0.1) is 28.6 Å². The van der Waals surface area contributed by atoms with E-state index in [4.69, 9.17) is 5.26 Å². The van der Waals surface area contributed by atoms with Gasteiger partial charge in [-0.25, -0.2) is 0 Å². The summed E-state index contributed by atoms with van der Waals surface area (Å²) in [6.07, 6.45) is 6.33. The molecule has 3 aliphatic rings. The highest BCUT2D eigenvalue weighted by Gasteiger charge is 2.61. The van der Waals surface area contributed by atoms with Crippen LogP contribution in [0.25, 0.3) is 0 Å². The van der Waals surface area contributed by atoms with Crippen LogP contribution >= 0.6 is 0 Å². The van der Waals surface area contributed by atoms with Gasteiger partial charge in [0, 0.05) is 5.41 Å². The van der Waals surface area contributed by atoms with Gasteiger partial charge in [-0.1, -0.05) is 13.0 Å². The quantitative estimate of drug-likeness (QED) is 0.827. The Hall–Kier alpha value is -1.53. The van der Waals surface area contributed by atoms with Crippen LogP contribution in [0.3, 0.4) is 0 Å². The predicted molar refractivity (Wildman–Crippen MR) is 87.9 cm³/mol. The molecule has 0 bridgehead atoms. The lowest BCUT2D eigenvalue weighted by molar-refractivity contribution is -0.0992. The maximum absolute atomic E-state index is 11.1. The summed E-state index contributed by atoms with van der Waals surface area (Å²) in [6.45, 7) is 2.23. The number of aromatic hydroxyl groups is 1. The smallest absolute Gasteiger partial charge is 0.115 e. The zero-order valence-corrected chi connectivity index (χ0v) is 13.8. The van der Waals surface area contributed by atoms with Gasteiger partial charge < -0.3 is 10.2 Å². The monoisotopic (exact) mass is 311 g/mol. The molecule has 3 aliphatic carbocycles. The molecule has 0 saturated heterocycles. The van der Waals surface area contributed by atoms with E-state index in [-0.39, 0.29) is 11.8 Å². The van der Waals surface area contributed by atoms with Gasteiger partial charge in [0.25, 0.3) is 0 Å². The lowest BCUT2D eigenvalue weighted by atomic mass is 9.53. The van der Waals surface area contributed by atoms with E-state index in [1.807, 2.05) is 12.1 Å². The highest BCUT2D eigenvalue weighted by Crippen LogP contribution is 2.64. The van der Waals surface area contributed by atoms with Crippen LogP contribution in [0.4, 0.5) is 0 Å². The van der Waals surface area contributed by atoms with Crippen LogP contribution in [0.1, 0.15) is 62.5 Å². The molecule has 3 nitrogen and oxygen atoms in total. The molecule has 5 atom stereocenters. The Kier molecular flexibility index (Phi) is 3.25. The van der Waals surface area contributed by atoms with E-state index in [2.05, 4.69) is 19.1 Å². The largest absolute Gasteiger partial charge is 0.508 e. The van der Waals surface area contributed by atoms with Crippen molar-refractivity contribution >= 4 is 0 Å². The van der Waals surface area contributed by atoms with Crippen molar-refractivity contribution in [3.05, 3.63) is 29.3 Å². The molecule has 2 fully saturated rings. The maximum Gasteiger partial charge on any atom is 0.115 e. The summed E-state index contributed by atoms with van der Waals surface area (Å²) in [7, 11) is 0. The van der Waals surface area contributed by atoms with Crippen molar-refractivity contribution in [2.45, 2.75) is 63.4 Å². The second-order valence-corrected chi connectivity index (χ2v) is 8.16. The molecule has 1 aromatic rings. The van der Waals surface area contributed by atoms with Crippen molar-refractivity contribution in [3.63, 3.8) is 0 Å². The van der Waals surface area contributed by atoms with Crippen LogP contribution in [0.15, 0.2) is 18.2 Å². The van der Waals surface area contributed by atoms with Crippen molar-refractivity contribution in [3.8, 4) is 11.8 Å². The number of phenolic OH excluding ortho intramolecular Hbond substituents is 1. The highest BCUT2D eigenvalue weighted by molar-refractivity contribution is 5.40. The van der Waals surface area contributed by atoms with Gasteiger partial charge >= 0.3 is 0 Å². The van der Waals surface area contributed by atoms with E-state index >= 15 is 0 Å². The summed E-state index contributed by atoms with van der Waals surface area (Å²) in [5.74, 6) is 2.05. The Morgan fingerprint density at radius 1 is 1.26 bits per heavy atom. The van der Waals surface area contributed by atoms with Crippen molar-refractivity contribution in [2.24, 2.45) is 17.3 Å². The summed E-state index contributed by atoms with van der Waals surface area (Å²) >= 11 is 0. The first-order valence-electron chi connectivity index (χ1n) is 8.90. The topological polar surface area (TPSA) is 64.2 Å². The Bertz CT molecular complexity index is 679. The summed E-state index contributed by atoms with van der Waals surface area (Å²) < 4.78 is 0. The lowest BCUT2D eigenvalue weighted by Gasteiger charge is -2.53. The second kappa shape index (κ2) is 4.98. The molecule has 23 heavy (non-hydrogen) atoms. The summed E-state index contributed by atoms with van der Waals surface area (Å²) in [6, 6.07) is 8.08. The second-order valence-electron chi connectivity index (χ2n) is 8.16. The number of aryl methyl sites for hydroxylation is 1. The SMILES string of the molecule is C[C@]12CC[C@@H]3c4ccc(O)cc4CC[C@H]3[C@@H]1CC[C@@]2(O)CC#N. The molecule has 0 radical (unpaired) electrons. The molecule has 0 aromatic heterocycles. The van der Waals surface area contributed by atoms with Crippen LogP contribution in [-0.4, -0.2) is 15.8 Å². The lowest BCUT2D eigenvalue weighted by Crippen LogP contribution is -2.50. The minimum atomic E-state index is -0.799. The molecule has 3 heteroatoms. The number of hydrogen-bond donors (Lipinski definition) is 2. The molecule has 0 spiro atoms. The van der Waals surface area contributed by atoms with E-state index in [0.29, 0.717) is 23.5 Å². The number of hydrogen-bond acceptors (Lipinski definition) is 3. The average Bonchev–Trinajstić information content (AvgIpc) is 2.79. The number of benzene rings is 1. The van der Waals surface area contributed by atoms with E-state index in [1.54, 1.807) is 0 Å². The van der Waals surface area contributed by atoms with Crippen molar-refractivity contribution in [1.29, 1.82) is 5.26 Å². The first-order chi connectivity index (χ1) is 11.0. The minimum Gasteiger partial charge on any atom is -0.508 e. The first-order valence-corrected chi connectivity index (χ1v) is 8.90. The van der Waals surface area contributed by atoms with Crippen LogP contribution in [-0.2, 0) is 6.42 Å². The number of nitriles is 1. The maximum atomic E-state index is 11.1. The molecule has 2 saturated carbocycles. The number of fused-ring (bicyclic) bond motifs is 5. The Labute approximate surface area is 138 Å². The van der Waals surface area contributed by atoms with Crippen molar-refractivity contribution < 1.29 is 10.2 Å². The van der Waals surface area contributed by atoms with Gasteiger partial charge in [-0.2, -0.15) is 5.26 Å². The predicted octanol–water partition coefficient (Wildman–Crippen LogP) is 3.89. The number of nitrogens with zero attached hydrogens (tertiary/aromatic N) is 1. The van der Waals surface area contributed by atoms with Gasteiger partial charge in [0.15, 0.2) is 0 Å². The van der Waals surface area contributed by atoms with E-state index in [0.717, 1.165) is 38.5 Å². The number of rotatable bonds is 1. The number of aliphatic hydroxyl groups is 1. The molecule has 0 unspecified atom stereocenters. The molecule has 0 aliphatic heterocycles. The fourth-order valence-electron chi connectivity index (χ4n) is 6.10. The highest BCUT2D eigenvalue weighted by atomic mass is 16.3.